The SMILES string of the molecule is Cc1cccc(OCC(=O)O)c1C.Cc1cccc(OCC(=O)O)c1C.[Sb][c]1ccccc1. The van der Waals surface area contributed by atoms with Crippen LogP contribution in [0.15, 0.2) is 66.7 Å². The first-order chi connectivity index (χ1) is 15.6. The molecule has 0 aromatic heterocycles. The molecular formula is C26H29O6Sb. The van der Waals surface area contributed by atoms with Crippen LogP contribution < -0.4 is 13.0 Å². The molecule has 0 fully saturated rings. The molecule has 0 unspecified atom stereocenters. The Kier molecular flexibility index (Phi) is 12.7. The summed E-state index contributed by atoms with van der Waals surface area (Å²) in [5.74, 6) is -0.633. The molecule has 174 valence electrons. The Morgan fingerprint density at radius 1 is 0.667 bits per heavy atom. The van der Waals surface area contributed by atoms with Crippen molar-refractivity contribution in [3.05, 3.63) is 89.0 Å². The second-order valence-corrected chi connectivity index (χ2v) is 8.57. The van der Waals surface area contributed by atoms with Crippen molar-refractivity contribution in [1.29, 1.82) is 0 Å². The normalized spacial score (nSPS) is 9.48. The Labute approximate surface area is 208 Å². The summed E-state index contributed by atoms with van der Waals surface area (Å²) in [6.07, 6.45) is 0. The van der Waals surface area contributed by atoms with Crippen LogP contribution in [0.3, 0.4) is 0 Å². The maximum absolute atomic E-state index is 10.2. The number of hydrogen-bond donors (Lipinski definition) is 2. The van der Waals surface area contributed by atoms with E-state index in [-0.39, 0.29) is 13.2 Å². The van der Waals surface area contributed by atoms with Crippen molar-refractivity contribution in [2.75, 3.05) is 13.2 Å². The van der Waals surface area contributed by atoms with E-state index in [2.05, 4.69) is 12.1 Å². The Hall–Kier alpha value is -2.98. The number of carboxylic acid groups (broad SMARTS) is 2. The molecule has 3 aromatic rings. The summed E-state index contributed by atoms with van der Waals surface area (Å²) in [6.45, 7) is 7.17. The van der Waals surface area contributed by atoms with E-state index >= 15 is 0 Å². The van der Waals surface area contributed by atoms with Crippen LogP contribution in [0.4, 0.5) is 0 Å². The van der Waals surface area contributed by atoms with Crippen LogP contribution >= 0.6 is 0 Å². The van der Waals surface area contributed by atoms with Gasteiger partial charge in [0.25, 0.3) is 0 Å². The third kappa shape index (κ3) is 11.4. The monoisotopic (exact) mass is 558 g/mol. The Morgan fingerprint density at radius 2 is 1.06 bits per heavy atom. The number of aryl methyl sites for hydroxylation is 2. The quantitative estimate of drug-likeness (QED) is 0.444. The minimum absolute atomic E-state index is 0.287. The molecule has 0 amide bonds. The molecule has 33 heavy (non-hydrogen) atoms. The Bertz CT molecular complexity index is 969. The van der Waals surface area contributed by atoms with Crippen molar-refractivity contribution in [2.45, 2.75) is 27.7 Å². The van der Waals surface area contributed by atoms with Crippen molar-refractivity contribution < 1.29 is 29.3 Å². The molecule has 2 N–H and O–H groups in total. The molecule has 0 bridgehead atoms. The van der Waals surface area contributed by atoms with E-state index < -0.39 is 11.9 Å². The van der Waals surface area contributed by atoms with E-state index in [1.807, 2.05) is 70.2 Å². The number of rotatable bonds is 6. The van der Waals surface area contributed by atoms with Gasteiger partial charge in [-0.15, -0.1) is 0 Å². The van der Waals surface area contributed by atoms with Gasteiger partial charge in [-0.2, -0.15) is 0 Å². The zero-order valence-corrected chi connectivity index (χ0v) is 21.8. The van der Waals surface area contributed by atoms with Crippen molar-refractivity contribution in [3.63, 3.8) is 0 Å². The van der Waals surface area contributed by atoms with E-state index in [1.54, 1.807) is 35.2 Å². The molecular weight excluding hydrogens is 530 g/mol. The van der Waals surface area contributed by atoms with E-state index in [9.17, 15) is 9.59 Å². The molecule has 0 aliphatic heterocycles. The van der Waals surface area contributed by atoms with Gasteiger partial charge in [-0.3, -0.25) is 0 Å². The molecule has 0 aliphatic carbocycles. The molecule has 0 aliphatic rings. The minimum atomic E-state index is -0.957. The van der Waals surface area contributed by atoms with Gasteiger partial charge in [-0.25, -0.2) is 9.59 Å². The van der Waals surface area contributed by atoms with Crippen molar-refractivity contribution in [2.24, 2.45) is 0 Å². The summed E-state index contributed by atoms with van der Waals surface area (Å²) < 4.78 is 11.5. The van der Waals surface area contributed by atoms with Gasteiger partial charge >= 0.3 is 68.8 Å². The van der Waals surface area contributed by atoms with Gasteiger partial charge in [0.1, 0.15) is 11.5 Å². The third-order valence-corrected chi connectivity index (χ3v) is 5.42. The van der Waals surface area contributed by atoms with Crippen LogP contribution in [0.2, 0.25) is 0 Å². The van der Waals surface area contributed by atoms with Crippen LogP contribution in [0.25, 0.3) is 0 Å². The number of carbonyl (C=O) groups is 2. The summed E-state index contributed by atoms with van der Waals surface area (Å²) >= 11 is 1.76. The number of carboxylic acids is 2. The average Bonchev–Trinajstić information content (AvgIpc) is 2.77. The molecule has 0 saturated heterocycles. The third-order valence-electron chi connectivity index (χ3n) is 4.57. The fourth-order valence-electron chi connectivity index (χ4n) is 2.47. The molecule has 7 heteroatoms. The van der Waals surface area contributed by atoms with Gasteiger partial charge in [0.15, 0.2) is 13.2 Å². The van der Waals surface area contributed by atoms with E-state index in [1.165, 1.54) is 3.51 Å². The predicted octanol–water partition coefficient (Wildman–Crippen LogP) is 4.01. The Morgan fingerprint density at radius 3 is 1.36 bits per heavy atom. The van der Waals surface area contributed by atoms with E-state index in [4.69, 9.17) is 19.7 Å². The average molecular weight is 559 g/mol. The van der Waals surface area contributed by atoms with Gasteiger partial charge < -0.3 is 19.7 Å². The first-order valence-electron chi connectivity index (χ1n) is 10.2. The molecule has 6 nitrogen and oxygen atoms in total. The topological polar surface area (TPSA) is 93.1 Å². The summed E-state index contributed by atoms with van der Waals surface area (Å²) in [5.41, 5.74) is 4.18. The van der Waals surface area contributed by atoms with Gasteiger partial charge in [0.05, 0.1) is 0 Å². The van der Waals surface area contributed by atoms with Crippen molar-refractivity contribution in [3.8, 4) is 11.5 Å². The van der Waals surface area contributed by atoms with Crippen LogP contribution in [0.1, 0.15) is 22.3 Å². The predicted molar refractivity (Wildman–Crippen MR) is 130 cm³/mol. The second-order valence-electron chi connectivity index (χ2n) is 7.10. The molecule has 0 atom stereocenters. The second kappa shape index (κ2) is 15.0. The molecule has 2 radical (unpaired) electrons. The number of hydrogen-bond acceptors (Lipinski definition) is 4. The van der Waals surface area contributed by atoms with E-state index in [0.717, 1.165) is 22.3 Å². The Balaban J connectivity index is 0.000000259. The zero-order valence-electron chi connectivity index (χ0n) is 19.2. The van der Waals surface area contributed by atoms with Crippen LogP contribution in [0, 0.1) is 27.7 Å². The summed E-state index contributed by atoms with van der Waals surface area (Å²) in [4.78, 5) is 20.5. The van der Waals surface area contributed by atoms with Gasteiger partial charge in [0.2, 0.25) is 0 Å². The van der Waals surface area contributed by atoms with E-state index in [0.29, 0.717) is 11.5 Å². The number of benzene rings is 3. The molecule has 0 saturated carbocycles. The van der Waals surface area contributed by atoms with Crippen molar-refractivity contribution in [1.82, 2.24) is 0 Å². The molecule has 0 heterocycles. The summed E-state index contributed by atoms with van der Waals surface area (Å²) in [6, 6.07) is 21.5. The fraction of sp³-hybridized carbons (Fsp3) is 0.231. The van der Waals surface area contributed by atoms with Gasteiger partial charge in [-0.05, 0) is 62.1 Å². The van der Waals surface area contributed by atoms with Crippen molar-refractivity contribution >= 4 is 38.5 Å². The summed E-state index contributed by atoms with van der Waals surface area (Å²) in [7, 11) is 0. The summed E-state index contributed by atoms with van der Waals surface area (Å²) in [5, 5.41) is 16.8. The van der Waals surface area contributed by atoms with Crippen LogP contribution in [-0.4, -0.2) is 58.4 Å². The van der Waals surface area contributed by atoms with Crippen LogP contribution in [-0.2, 0) is 9.59 Å². The molecule has 3 aromatic carbocycles. The van der Waals surface area contributed by atoms with Crippen LogP contribution in [0.5, 0.6) is 11.5 Å². The first-order valence-corrected chi connectivity index (χ1v) is 11.4. The zero-order chi connectivity index (χ0) is 24.8. The number of aliphatic carboxylic acids is 2. The molecule has 0 spiro atoms. The van der Waals surface area contributed by atoms with Gasteiger partial charge in [0, 0.05) is 0 Å². The fourth-order valence-corrected chi connectivity index (χ4v) is 2.96. The first kappa shape index (κ1) is 28.1. The molecule has 3 rings (SSSR count). The maximum atomic E-state index is 10.2. The van der Waals surface area contributed by atoms with Gasteiger partial charge in [-0.1, -0.05) is 24.3 Å². The standard InChI is InChI=1S/2C10H12O3.C6H5.Sb/c2*1-7-4-3-5-9(8(7)2)13-6-10(11)12;1-2-4-6-5-3-1;/h2*3-5H,6H2,1-2H3,(H,11,12);1-5H;. The number of ether oxygens (including phenoxy) is 2.